The lowest BCUT2D eigenvalue weighted by Gasteiger charge is -2.09. The van der Waals surface area contributed by atoms with Crippen LogP contribution in [0, 0.1) is 23.2 Å². The minimum absolute atomic E-state index is 0.190. The van der Waals surface area contributed by atoms with Crippen molar-refractivity contribution in [2.75, 3.05) is 7.11 Å². The third kappa shape index (κ3) is 3.48. The van der Waals surface area contributed by atoms with Crippen LogP contribution in [0.3, 0.4) is 0 Å². The summed E-state index contributed by atoms with van der Waals surface area (Å²) >= 11 is 0. The summed E-state index contributed by atoms with van der Waals surface area (Å²) in [7, 11) is 1.64. The minimum Gasteiger partial charge on any atom is -0.508 e. The van der Waals surface area contributed by atoms with Crippen LogP contribution in [0.15, 0.2) is 66.7 Å². The van der Waals surface area contributed by atoms with Crippen LogP contribution in [-0.4, -0.2) is 16.8 Å². The van der Waals surface area contributed by atoms with Gasteiger partial charge in [0.25, 0.3) is 0 Å². The Morgan fingerprint density at radius 3 is 2.13 bits per heavy atom. The molecule has 30 heavy (non-hydrogen) atoms. The first-order valence-corrected chi connectivity index (χ1v) is 9.66. The zero-order valence-electron chi connectivity index (χ0n) is 16.8. The molecule has 3 aromatic carbocycles. The van der Waals surface area contributed by atoms with E-state index in [4.69, 9.17) is 4.74 Å². The largest absolute Gasteiger partial charge is 0.508 e. The summed E-state index contributed by atoms with van der Waals surface area (Å²) < 4.78 is 7.23. The van der Waals surface area contributed by atoms with E-state index in [9.17, 15) is 10.4 Å². The second kappa shape index (κ2) is 8.07. The van der Waals surface area contributed by atoms with Crippen molar-refractivity contribution in [1.82, 2.24) is 4.57 Å². The number of phenolic OH excluding ortho intramolecular Hbond substituents is 1. The molecule has 0 radical (unpaired) electrons. The number of phenols is 1. The molecule has 146 valence electrons. The van der Waals surface area contributed by atoms with E-state index < -0.39 is 0 Å². The molecule has 0 atom stereocenters. The second-order valence-corrected chi connectivity index (χ2v) is 6.84. The van der Waals surface area contributed by atoms with Crippen LogP contribution in [0.2, 0.25) is 0 Å². The van der Waals surface area contributed by atoms with Crippen LogP contribution in [0.5, 0.6) is 11.5 Å². The van der Waals surface area contributed by atoms with Gasteiger partial charge in [0.15, 0.2) is 0 Å². The molecule has 0 saturated heterocycles. The first kappa shape index (κ1) is 19.2. The van der Waals surface area contributed by atoms with Gasteiger partial charge < -0.3 is 14.4 Å². The topological polar surface area (TPSA) is 58.2 Å². The van der Waals surface area contributed by atoms with Crippen LogP contribution in [0.25, 0.3) is 22.2 Å². The third-order valence-electron chi connectivity index (χ3n) is 5.08. The summed E-state index contributed by atoms with van der Waals surface area (Å²) in [4.78, 5) is 0. The van der Waals surface area contributed by atoms with Crippen molar-refractivity contribution in [3.63, 3.8) is 0 Å². The average molecular weight is 392 g/mol. The number of hydrogen-bond acceptors (Lipinski definition) is 3. The highest BCUT2D eigenvalue weighted by Gasteiger charge is 2.18. The number of aryl methyl sites for hydroxylation is 1. The highest BCUT2D eigenvalue weighted by atomic mass is 16.5. The Hall–Kier alpha value is -4.15. The molecular weight excluding hydrogens is 372 g/mol. The first-order valence-electron chi connectivity index (χ1n) is 9.66. The molecule has 0 amide bonds. The standard InChI is InChI=1S/C26H20N2O2/c1-3-28-25-16-21(29)12-15-23(25)24(17-27)26(28)20-10-6-18(7-11-20)4-5-19-8-13-22(30-2)14-9-19/h6-16,29H,3H2,1-2H3. The number of nitrogens with zero attached hydrogens (tertiary/aromatic N) is 2. The van der Waals surface area contributed by atoms with Crippen LogP contribution >= 0.6 is 0 Å². The fraction of sp³-hybridized carbons (Fsp3) is 0.115. The maximum atomic E-state index is 9.89. The van der Waals surface area contributed by atoms with Crippen LogP contribution in [0.4, 0.5) is 0 Å². The monoisotopic (exact) mass is 392 g/mol. The molecule has 0 aliphatic heterocycles. The summed E-state index contributed by atoms with van der Waals surface area (Å²) in [5, 5.41) is 20.5. The molecule has 0 fully saturated rings. The Labute approximate surface area is 175 Å². The zero-order chi connectivity index (χ0) is 21.1. The number of rotatable bonds is 3. The fourth-order valence-electron chi connectivity index (χ4n) is 3.61. The Bertz CT molecular complexity index is 1310. The predicted molar refractivity (Wildman–Crippen MR) is 118 cm³/mol. The molecule has 4 nitrogen and oxygen atoms in total. The van der Waals surface area contributed by atoms with Gasteiger partial charge in [0, 0.05) is 29.1 Å². The Kier molecular flexibility index (Phi) is 5.16. The fourth-order valence-corrected chi connectivity index (χ4v) is 3.61. The molecule has 1 aromatic heterocycles. The van der Waals surface area contributed by atoms with Gasteiger partial charge in [-0.1, -0.05) is 24.0 Å². The van der Waals surface area contributed by atoms with Crippen molar-refractivity contribution in [3.05, 3.63) is 83.4 Å². The molecule has 0 unspecified atom stereocenters. The van der Waals surface area contributed by atoms with Crippen LogP contribution in [-0.2, 0) is 6.54 Å². The molecule has 0 bridgehead atoms. The predicted octanol–water partition coefficient (Wildman–Crippen LogP) is 5.31. The Balaban J connectivity index is 1.72. The van der Waals surface area contributed by atoms with E-state index in [1.54, 1.807) is 25.3 Å². The van der Waals surface area contributed by atoms with E-state index in [0.29, 0.717) is 12.1 Å². The molecule has 0 spiro atoms. The lowest BCUT2D eigenvalue weighted by atomic mass is 10.0. The quantitative estimate of drug-likeness (QED) is 0.481. The van der Waals surface area contributed by atoms with Gasteiger partial charge in [-0.2, -0.15) is 5.26 Å². The van der Waals surface area contributed by atoms with Crippen molar-refractivity contribution in [1.29, 1.82) is 5.26 Å². The van der Waals surface area contributed by atoms with E-state index in [1.165, 1.54) is 0 Å². The van der Waals surface area contributed by atoms with Gasteiger partial charge in [-0.05, 0) is 61.0 Å². The highest BCUT2D eigenvalue weighted by molar-refractivity contribution is 5.95. The van der Waals surface area contributed by atoms with Crippen molar-refractivity contribution in [2.24, 2.45) is 0 Å². The van der Waals surface area contributed by atoms with E-state index in [0.717, 1.165) is 39.0 Å². The van der Waals surface area contributed by atoms with Gasteiger partial charge in [-0.15, -0.1) is 0 Å². The summed E-state index contributed by atoms with van der Waals surface area (Å²) in [6, 6.07) is 23.0. The van der Waals surface area contributed by atoms with Gasteiger partial charge in [0.2, 0.25) is 0 Å². The summed E-state index contributed by atoms with van der Waals surface area (Å²) in [6.07, 6.45) is 0. The molecule has 1 N–H and O–H groups in total. The number of fused-ring (bicyclic) bond motifs is 1. The zero-order valence-corrected chi connectivity index (χ0v) is 16.8. The number of aromatic nitrogens is 1. The van der Waals surface area contributed by atoms with Crippen LogP contribution in [0.1, 0.15) is 23.6 Å². The first-order chi connectivity index (χ1) is 14.6. The number of hydrogen-bond donors (Lipinski definition) is 1. The van der Waals surface area contributed by atoms with Crippen molar-refractivity contribution in [3.8, 4) is 40.7 Å². The van der Waals surface area contributed by atoms with E-state index in [-0.39, 0.29) is 5.75 Å². The Morgan fingerprint density at radius 1 is 0.933 bits per heavy atom. The minimum atomic E-state index is 0.190. The highest BCUT2D eigenvalue weighted by Crippen LogP contribution is 2.35. The van der Waals surface area contributed by atoms with Crippen molar-refractivity contribution in [2.45, 2.75) is 13.5 Å². The second-order valence-electron chi connectivity index (χ2n) is 6.84. The van der Waals surface area contributed by atoms with Gasteiger partial charge in [0.05, 0.1) is 23.9 Å². The maximum absolute atomic E-state index is 9.89. The molecule has 4 heteroatoms. The van der Waals surface area contributed by atoms with Gasteiger partial charge in [0.1, 0.15) is 17.6 Å². The number of benzene rings is 3. The maximum Gasteiger partial charge on any atom is 0.118 e. The molecule has 0 aliphatic carbocycles. The number of ether oxygens (including phenoxy) is 1. The molecule has 0 aliphatic rings. The third-order valence-corrected chi connectivity index (χ3v) is 5.08. The number of aromatic hydroxyl groups is 1. The van der Waals surface area contributed by atoms with Crippen LogP contribution < -0.4 is 4.74 Å². The molecule has 0 saturated carbocycles. The van der Waals surface area contributed by atoms with E-state index >= 15 is 0 Å². The average Bonchev–Trinajstić information content (AvgIpc) is 3.10. The lowest BCUT2D eigenvalue weighted by Crippen LogP contribution is -1.97. The van der Waals surface area contributed by atoms with E-state index in [2.05, 4.69) is 22.5 Å². The Morgan fingerprint density at radius 2 is 1.57 bits per heavy atom. The molecule has 4 aromatic rings. The summed E-state index contributed by atoms with van der Waals surface area (Å²) in [5.74, 6) is 7.32. The lowest BCUT2D eigenvalue weighted by molar-refractivity contribution is 0.415. The van der Waals surface area contributed by atoms with Crippen molar-refractivity contribution >= 4 is 10.9 Å². The smallest absolute Gasteiger partial charge is 0.118 e. The van der Waals surface area contributed by atoms with Gasteiger partial charge >= 0.3 is 0 Å². The molecule has 4 rings (SSSR count). The van der Waals surface area contributed by atoms with Gasteiger partial charge in [-0.25, -0.2) is 0 Å². The SMILES string of the molecule is CCn1c(-c2ccc(C#Cc3ccc(OC)cc3)cc2)c(C#N)c2ccc(O)cc21. The van der Waals surface area contributed by atoms with E-state index in [1.807, 2.05) is 55.5 Å². The summed E-state index contributed by atoms with van der Waals surface area (Å²) in [6.45, 7) is 2.72. The molecule has 1 heterocycles. The normalized spacial score (nSPS) is 10.3. The number of methoxy groups -OCH3 is 1. The number of nitriles is 1. The molecular formula is C26H20N2O2. The summed E-state index contributed by atoms with van der Waals surface area (Å²) in [5.41, 5.74) is 5.08. The van der Waals surface area contributed by atoms with Gasteiger partial charge in [-0.3, -0.25) is 0 Å². The van der Waals surface area contributed by atoms with Crippen molar-refractivity contribution < 1.29 is 9.84 Å².